The second-order valence-corrected chi connectivity index (χ2v) is 6.22. The number of nitrogens with one attached hydrogen (secondary N) is 2. The maximum absolute atomic E-state index is 12.1. The zero-order valence-corrected chi connectivity index (χ0v) is 14.6. The summed E-state index contributed by atoms with van der Waals surface area (Å²) in [7, 11) is 0. The van der Waals surface area contributed by atoms with Crippen molar-refractivity contribution in [3.05, 3.63) is 41.3 Å². The topological polar surface area (TPSA) is 87.5 Å². The number of rotatable bonds is 4. The van der Waals surface area contributed by atoms with Gasteiger partial charge in [-0.1, -0.05) is 12.1 Å². The van der Waals surface area contributed by atoms with Crippen molar-refractivity contribution in [2.45, 2.75) is 39.7 Å². The van der Waals surface area contributed by atoms with Crippen molar-refractivity contribution in [2.24, 2.45) is 0 Å². The molecule has 1 atom stereocenters. The zero-order valence-electron chi connectivity index (χ0n) is 14.6. The first-order valence-electron chi connectivity index (χ1n) is 8.36. The van der Waals surface area contributed by atoms with Gasteiger partial charge < -0.3 is 14.6 Å². The van der Waals surface area contributed by atoms with E-state index >= 15 is 0 Å². The van der Waals surface area contributed by atoms with E-state index < -0.39 is 6.03 Å². The SMILES string of the molecule is Cc1nc(NC(=O)N[C@@H](C)c2cccc(N3CCCC3=O)c2)oc1C. The number of amides is 3. The third-order valence-corrected chi connectivity index (χ3v) is 4.35. The normalized spacial score (nSPS) is 15.3. The van der Waals surface area contributed by atoms with E-state index in [0.717, 1.165) is 29.9 Å². The average Bonchev–Trinajstić information content (AvgIpc) is 3.13. The summed E-state index contributed by atoms with van der Waals surface area (Å²) in [5.41, 5.74) is 2.53. The van der Waals surface area contributed by atoms with Crippen molar-refractivity contribution >= 4 is 23.6 Å². The maximum Gasteiger partial charge on any atom is 0.323 e. The summed E-state index contributed by atoms with van der Waals surface area (Å²) < 4.78 is 5.34. The summed E-state index contributed by atoms with van der Waals surface area (Å²) in [6.07, 6.45) is 1.48. The number of anilines is 2. The summed E-state index contributed by atoms with van der Waals surface area (Å²) in [5, 5.41) is 5.44. The van der Waals surface area contributed by atoms with Crippen molar-refractivity contribution in [3.63, 3.8) is 0 Å². The van der Waals surface area contributed by atoms with Crippen LogP contribution in [0.3, 0.4) is 0 Å². The summed E-state index contributed by atoms with van der Waals surface area (Å²) in [5.74, 6) is 0.816. The lowest BCUT2D eigenvalue weighted by atomic mass is 10.1. The van der Waals surface area contributed by atoms with Gasteiger partial charge in [-0.2, -0.15) is 4.98 Å². The molecule has 0 saturated carbocycles. The van der Waals surface area contributed by atoms with Gasteiger partial charge in [0.2, 0.25) is 5.91 Å². The minimum atomic E-state index is -0.392. The van der Waals surface area contributed by atoms with Crippen molar-refractivity contribution in [1.29, 1.82) is 0 Å². The van der Waals surface area contributed by atoms with Gasteiger partial charge >= 0.3 is 12.0 Å². The van der Waals surface area contributed by atoms with Crippen LogP contribution in [0, 0.1) is 13.8 Å². The molecule has 25 heavy (non-hydrogen) atoms. The lowest BCUT2D eigenvalue weighted by molar-refractivity contribution is -0.117. The minimum Gasteiger partial charge on any atom is -0.428 e. The van der Waals surface area contributed by atoms with Gasteiger partial charge in [0.1, 0.15) is 5.76 Å². The fourth-order valence-corrected chi connectivity index (χ4v) is 2.82. The molecule has 2 N–H and O–H groups in total. The molecule has 0 unspecified atom stereocenters. The van der Waals surface area contributed by atoms with Crippen LogP contribution in [0.5, 0.6) is 0 Å². The van der Waals surface area contributed by atoms with Gasteiger partial charge in [0, 0.05) is 18.7 Å². The van der Waals surface area contributed by atoms with Crippen LogP contribution in [0.15, 0.2) is 28.7 Å². The third kappa shape index (κ3) is 3.81. The van der Waals surface area contributed by atoms with Crippen LogP contribution in [0.1, 0.15) is 42.8 Å². The van der Waals surface area contributed by atoms with Crippen LogP contribution in [0.4, 0.5) is 16.5 Å². The molecule has 1 aliphatic heterocycles. The number of hydrogen-bond acceptors (Lipinski definition) is 4. The number of hydrogen-bond donors (Lipinski definition) is 2. The Morgan fingerprint density at radius 2 is 2.16 bits per heavy atom. The Bertz CT molecular complexity index is 780. The van der Waals surface area contributed by atoms with Gasteiger partial charge in [0.25, 0.3) is 0 Å². The molecule has 0 spiro atoms. The number of benzene rings is 1. The van der Waals surface area contributed by atoms with E-state index in [4.69, 9.17) is 4.42 Å². The minimum absolute atomic E-state index is 0.144. The Hall–Kier alpha value is -2.83. The van der Waals surface area contributed by atoms with Gasteiger partial charge in [-0.25, -0.2) is 4.79 Å². The number of aryl methyl sites for hydroxylation is 2. The average molecular weight is 342 g/mol. The molecule has 2 heterocycles. The van der Waals surface area contributed by atoms with Gasteiger partial charge in [-0.05, 0) is 44.9 Å². The van der Waals surface area contributed by atoms with Crippen molar-refractivity contribution < 1.29 is 14.0 Å². The highest BCUT2D eigenvalue weighted by atomic mass is 16.4. The van der Waals surface area contributed by atoms with Crippen LogP contribution in [0.2, 0.25) is 0 Å². The molecular formula is C18H22N4O3. The number of carbonyl (C=O) groups is 2. The highest BCUT2D eigenvalue weighted by Gasteiger charge is 2.22. The second kappa shape index (κ2) is 6.96. The molecule has 0 aliphatic carbocycles. The molecule has 2 aromatic rings. The van der Waals surface area contributed by atoms with Crippen molar-refractivity contribution in [3.8, 4) is 0 Å². The van der Waals surface area contributed by atoms with E-state index in [1.54, 1.807) is 11.8 Å². The van der Waals surface area contributed by atoms with Gasteiger partial charge in [0.15, 0.2) is 0 Å². The lowest BCUT2D eigenvalue weighted by Crippen LogP contribution is -2.31. The summed E-state index contributed by atoms with van der Waals surface area (Å²) >= 11 is 0. The molecule has 3 amide bonds. The molecule has 3 rings (SSSR count). The molecule has 1 fully saturated rings. The molecule has 7 heteroatoms. The molecule has 132 valence electrons. The molecular weight excluding hydrogens is 320 g/mol. The number of aromatic nitrogens is 1. The Morgan fingerprint density at radius 1 is 1.36 bits per heavy atom. The first-order valence-corrected chi connectivity index (χ1v) is 8.36. The Balaban J connectivity index is 1.65. The Kier molecular flexibility index (Phi) is 4.74. The standard InChI is InChI=1S/C18H22N4O3/c1-11-13(3)25-18(20-11)21-17(24)19-12(2)14-6-4-7-15(10-14)22-9-5-8-16(22)23/h4,6-7,10,12H,5,8-9H2,1-3H3,(H2,19,20,21,24)/t12-/m0/s1. The smallest absolute Gasteiger partial charge is 0.323 e. The lowest BCUT2D eigenvalue weighted by Gasteiger charge is -2.19. The molecule has 1 aromatic carbocycles. The molecule has 1 saturated heterocycles. The van der Waals surface area contributed by atoms with Gasteiger partial charge in [0.05, 0.1) is 11.7 Å². The Morgan fingerprint density at radius 3 is 2.80 bits per heavy atom. The summed E-state index contributed by atoms with van der Waals surface area (Å²) in [6, 6.07) is 7.23. The van der Waals surface area contributed by atoms with Gasteiger partial charge in [-0.15, -0.1) is 0 Å². The predicted octanol–water partition coefficient (Wildman–Crippen LogP) is 3.30. The number of carbonyl (C=O) groups excluding carboxylic acids is 2. The highest BCUT2D eigenvalue weighted by molar-refractivity contribution is 5.95. The van der Waals surface area contributed by atoms with Crippen LogP contribution < -0.4 is 15.5 Å². The van der Waals surface area contributed by atoms with Crippen LogP contribution in [-0.4, -0.2) is 23.5 Å². The number of oxazole rings is 1. The van der Waals surface area contributed by atoms with Crippen molar-refractivity contribution in [2.75, 3.05) is 16.8 Å². The first kappa shape index (κ1) is 17.0. The summed E-state index contributed by atoms with van der Waals surface area (Å²) in [6.45, 7) is 6.24. The van der Waals surface area contributed by atoms with E-state index in [9.17, 15) is 9.59 Å². The van der Waals surface area contributed by atoms with Crippen LogP contribution in [0.25, 0.3) is 0 Å². The van der Waals surface area contributed by atoms with E-state index in [1.165, 1.54) is 0 Å². The van der Waals surface area contributed by atoms with Gasteiger partial charge in [-0.3, -0.25) is 10.1 Å². The zero-order chi connectivity index (χ0) is 18.0. The molecule has 7 nitrogen and oxygen atoms in total. The molecule has 0 bridgehead atoms. The second-order valence-electron chi connectivity index (χ2n) is 6.22. The van der Waals surface area contributed by atoms with Crippen molar-refractivity contribution in [1.82, 2.24) is 10.3 Å². The molecule has 1 aromatic heterocycles. The van der Waals surface area contributed by atoms with Crippen LogP contribution >= 0.6 is 0 Å². The molecule has 1 aliphatic rings. The monoisotopic (exact) mass is 342 g/mol. The largest absolute Gasteiger partial charge is 0.428 e. The Labute approximate surface area is 146 Å². The highest BCUT2D eigenvalue weighted by Crippen LogP contribution is 2.24. The predicted molar refractivity (Wildman–Crippen MR) is 94.6 cm³/mol. The molecule has 0 radical (unpaired) electrons. The van der Waals surface area contributed by atoms with E-state index in [1.807, 2.05) is 38.1 Å². The fourth-order valence-electron chi connectivity index (χ4n) is 2.82. The van der Waals surface area contributed by atoms with E-state index in [0.29, 0.717) is 12.2 Å². The van der Waals surface area contributed by atoms with Crippen LogP contribution in [-0.2, 0) is 4.79 Å². The maximum atomic E-state index is 12.1. The van der Waals surface area contributed by atoms with E-state index in [-0.39, 0.29) is 18.0 Å². The fraction of sp³-hybridized carbons (Fsp3) is 0.389. The third-order valence-electron chi connectivity index (χ3n) is 4.35. The summed E-state index contributed by atoms with van der Waals surface area (Å²) in [4.78, 5) is 29.9. The van der Waals surface area contributed by atoms with E-state index in [2.05, 4.69) is 15.6 Å². The quantitative estimate of drug-likeness (QED) is 0.892. The number of nitrogens with zero attached hydrogens (tertiary/aromatic N) is 2. The number of urea groups is 1. The first-order chi connectivity index (χ1) is 11.9.